The molecule has 54 valence electrons. The molecule has 0 unspecified atom stereocenters. The van der Waals surface area contributed by atoms with E-state index in [-0.39, 0.29) is 12.4 Å². The maximum atomic E-state index is 4.90. The Morgan fingerprint density at radius 1 is 1.60 bits per heavy atom. The van der Waals surface area contributed by atoms with Crippen LogP contribution in [0, 0.1) is 0 Å². The van der Waals surface area contributed by atoms with E-state index < -0.39 is 0 Å². The monoisotopic (exact) mass is 157 g/mol. The molecule has 10 heavy (non-hydrogen) atoms. The van der Waals surface area contributed by atoms with Gasteiger partial charge < -0.3 is 5.84 Å². The van der Waals surface area contributed by atoms with Crippen molar-refractivity contribution in [1.29, 1.82) is 0 Å². The Kier molecular flexibility index (Phi) is 4.24. The van der Waals surface area contributed by atoms with Crippen molar-refractivity contribution >= 4 is 18.6 Å². The number of nitrogens with zero attached hydrogens (tertiary/aromatic N) is 2. The van der Waals surface area contributed by atoms with E-state index in [1.54, 1.807) is 18.6 Å². The highest BCUT2D eigenvalue weighted by Gasteiger charge is 1.80. The SMILES string of the molecule is Cl.NN=Cc1cccnc1. The third-order valence-electron chi connectivity index (χ3n) is 0.908. The first kappa shape index (κ1) is 8.91. The van der Waals surface area contributed by atoms with Gasteiger partial charge in [-0.3, -0.25) is 4.98 Å². The number of hydrogen-bond acceptors (Lipinski definition) is 3. The van der Waals surface area contributed by atoms with E-state index in [0.717, 1.165) is 5.56 Å². The van der Waals surface area contributed by atoms with E-state index in [4.69, 9.17) is 5.84 Å². The van der Waals surface area contributed by atoms with Crippen LogP contribution in [0.1, 0.15) is 5.56 Å². The van der Waals surface area contributed by atoms with Crippen molar-refractivity contribution in [2.75, 3.05) is 0 Å². The van der Waals surface area contributed by atoms with Crippen LogP contribution in [0.15, 0.2) is 29.6 Å². The van der Waals surface area contributed by atoms with Gasteiger partial charge in [0, 0.05) is 18.0 Å². The summed E-state index contributed by atoms with van der Waals surface area (Å²) in [6.07, 6.45) is 4.94. The summed E-state index contributed by atoms with van der Waals surface area (Å²) in [7, 11) is 0. The second-order valence-electron chi connectivity index (χ2n) is 1.56. The molecule has 1 aromatic heterocycles. The summed E-state index contributed by atoms with van der Waals surface area (Å²) in [5.74, 6) is 4.90. The molecule has 2 N–H and O–H groups in total. The highest BCUT2D eigenvalue weighted by atomic mass is 35.5. The summed E-state index contributed by atoms with van der Waals surface area (Å²) in [6.45, 7) is 0. The van der Waals surface area contributed by atoms with Gasteiger partial charge in [0.15, 0.2) is 0 Å². The molecule has 0 aliphatic rings. The van der Waals surface area contributed by atoms with Crippen molar-refractivity contribution in [3.63, 3.8) is 0 Å². The standard InChI is InChI=1S/C6H7N3.ClH/c7-9-5-6-2-1-3-8-4-6;/h1-5H,7H2;1H. The van der Waals surface area contributed by atoms with Gasteiger partial charge in [-0.25, -0.2) is 0 Å². The average molecular weight is 158 g/mol. The lowest BCUT2D eigenvalue weighted by atomic mass is 10.3. The zero-order valence-electron chi connectivity index (χ0n) is 5.27. The molecule has 0 atom stereocenters. The lowest BCUT2D eigenvalue weighted by Gasteiger charge is -1.85. The summed E-state index contributed by atoms with van der Waals surface area (Å²) in [4.78, 5) is 3.86. The Hall–Kier alpha value is -1.09. The normalized spacial score (nSPS) is 9.20. The van der Waals surface area contributed by atoms with Crippen LogP contribution < -0.4 is 5.84 Å². The minimum Gasteiger partial charge on any atom is -0.323 e. The van der Waals surface area contributed by atoms with E-state index in [1.807, 2.05) is 12.1 Å². The molecule has 0 aliphatic heterocycles. The topological polar surface area (TPSA) is 51.3 Å². The number of aromatic nitrogens is 1. The fraction of sp³-hybridized carbons (Fsp3) is 0. The molecule has 0 fully saturated rings. The first-order chi connectivity index (χ1) is 4.43. The molecular formula is C6H8ClN3. The van der Waals surface area contributed by atoms with Gasteiger partial charge >= 0.3 is 0 Å². The second-order valence-corrected chi connectivity index (χ2v) is 1.56. The molecule has 1 rings (SSSR count). The number of nitrogens with two attached hydrogens (primary N) is 1. The van der Waals surface area contributed by atoms with Crippen molar-refractivity contribution in [2.24, 2.45) is 10.9 Å². The van der Waals surface area contributed by atoms with Gasteiger partial charge in [0.25, 0.3) is 0 Å². The Morgan fingerprint density at radius 2 is 2.40 bits per heavy atom. The minimum atomic E-state index is 0. The number of halogens is 1. The first-order valence-corrected chi connectivity index (χ1v) is 2.57. The number of hydrogen-bond donors (Lipinski definition) is 1. The largest absolute Gasteiger partial charge is 0.323 e. The summed E-state index contributed by atoms with van der Waals surface area (Å²) < 4.78 is 0. The summed E-state index contributed by atoms with van der Waals surface area (Å²) >= 11 is 0. The maximum absolute atomic E-state index is 4.90. The number of pyridine rings is 1. The third kappa shape index (κ3) is 2.46. The summed E-state index contributed by atoms with van der Waals surface area (Å²) in [6, 6.07) is 3.71. The van der Waals surface area contributed by atoms with Gasteiger partial charge in [-0.2, -0.15) is 5.10 Å². The quantitative estimate of drug-likeness (QED) is 0.372. The molecule has 3 nitrogen and oxygen atoms in total. The van der Waals surface area contributed by atoms with Crippen LogP contribution in [-0.4, -0.2) is 11.2 Å². The highest BCUT2D eigenvalue weighted by molar-refractivity contribution is 5.85. The van der Waals surface area contributed by atoms with Gasteiger partial charge in [-0.15, -0.1) is 12.4 Å². The van der Waals surface area contributed by atoms with Crippen LogP contribution in [0.3, 0.4) is 0 Å². The Morgan fingerprint density at radius 3 is 2.90 bits per heavy atom. The van der Waals surface area contributed by atoms with Crippen LogP contribution in [0.25, 0.3) is 0 Å². The van der Waals surface area contributed by atoms with E-state index in [9.17, 15) is 0 Å². The van der Waals surface area contributed by atoms with Crippen molar-refractivity contribution in [2.45, 2.75) is 0 Å². The molecule has 0 saturated heterocycles. The van der Waals surface area contributed by atoms with Gasteiger partial charge in [0.2, 0.25) is 0 Å². The van der Waals surface area contributed by atoms with E-state index in [1.165, 1.54) is 0 Å². The molecule has 1 aromatic rings. The van der Waals surface area contributed by atoms with E-state index in [0.29, 0.717) is 0 Å². The molecule has 0 amide bonds. The summed E-state index contributed by atoms with van der Waals surface area (Å²) in [5, 5.41) is 3.34. The molecule has 0 aromatic carbocycles. The smallest absolute Gasteiger partial charge is 0.0553 e. The predicted molar refractivity (Wildman–Crippen MR) is 43.3 cm³/mol. The van der Waals surface area contributed by atoms with Gasteiger partial charge in [-0.05, 0) is 6.07 Å². The van der Waals surface area contributed by atoms with Crippen LogP contribution >= 0.6 is 12.4 Å². The first-order valence-electron chi connectivity index (χ1n) is 2.57. The minimum absolute atomic E-state index is 0. The molecule has 0 radical (unpaired) electrons. The zero-order valence-corrected chi connectivity index (χ0v) is 6.08. The zero-order chi connectivity index (χ0) is 6.53. The van der Waals surface area contributed by atoms with Crippen LogP contribution in [0.5, 0.6) is 0 Å². The molecule has 4 heteroatoms. The van der Waals surface area contributed by atoms with Crippen molar-refractivity contribution < 1.29 is 0 Å². The van der Waals surface area contributed by atoms with Gasteiger partial charge in [-0.1, -0.05) is 6.07 Å². The van der Waals surface area contributed by atoms with Crippen molar-refractivity contribution in [3.8, 4) is 0 Å². The molecule has 0 bridgehead atoms. The predicted octanol–water partition coefficient (Wildman–Crippen LogP) is 0.796. The molecule has 0 spiro atoms. The van der Waals surface area contributed by atoms with E-state index >= 15 is 0 Å². The van der Waals surface area contributed by atoms with Crippen LogP contribution in [0.4, 0.5) is 0 Å². The summed E-state index contributed by atoms with van der Waals surface area (Å²) in [5.41, 5.74) is 0.917. The third-order valence-corrected chi connectivity index (χ3v) is 0.908. The molecular weight excluding hydrogens is 150 g/mol. The number of rotatable bonds is 1. The average Bonchev–Trinajstić information content (AvgIpc) is 1.91. The van der Waals surface area contributed by atoms with Gasteiger partial charge in [0.05, 0.1) is 6.21 Å². The Bertz CT molecular complexity index is 197. The highest BCUT2D eigenvalue weighted by Crippen LogP contribution is 1.88. The van der Waals surface area contributed by atoms with E-state index in [2.05, 4.69) is 10.1 Å². The lowest BCUT2D eigenvalue weighted by molar-refractivity contribution is 1.25. The lowest BCUT2D eigenvalue weighted by Crippen LogP contribution is -1.85. The fourth-order valence-electron chi connectivity index (χ4n) is 0.538. The maximum Gasteiger partial charge on any atom is 0.0553 e. The van der Waals surface area contributed by atoms with Gasteiger partial charge in [0.1, 0.15) is 0 Å². The fourth-order valence-corrected chi connectivity index (χ4v) is 0.538. The molecule has 1 heterocycles. The number of hydrazone groups is 1. The van der Waals surface area contributed by atoms with Crippen molar-refractivity contribution in [1.82, 2.24) is 4.98 Å². The van der Waals surface area contributed by atoms with Crippen molar-refractivity contribution in [3.05, 3.63) is 30.1 Å². The van der Waals surface area contributed by atoms with Crippen LogP contribution in [0.2, 0.25) is 0 Å². The Balaban J connectivity index is 0.000000810. The molecule has 0 aliphatic carbocycles. The Labute approximate surface area is 65.4 Å². The van der Waals surface area contributed by atoms with Crippen LogP contribution in [-0.2, 0) is 0 Å². The second kappa shape index (κ2) is 4.76. The molecule has 0 saturated carbocycles.